The molecule has 5 nitrogen and oxygen atoms in total. The molecule has 0 spiro atoms. The third-order valence-electron chi connectivity index (χ3n) is 4.42. The quantitative estimate of drug-likeness (QED) is 0.570. The van der Waals surface area contributed by atoms with Crippen LogP contribution in [0.1, 0.15) is 15.9 Å². The average Bonchev–Trinajstić information content (AvgIpc) is 3.13. The van der Waals surface area contributed by atoms with E-state index < -0.39 is 5.97 Å². The number of aromatic nitrogens is 2. The molecule has 0 bridgehead atoms. The van der Waals surface area contributed by atoms with Gasteiger partial charge in [-0.25, -0.2) is 9.78 Å². The molecule has 0 unspecified atom stereocenters. The maximum absolute atomic E-state index is 13.2. The van der Waals surface area contributed by atoms with E-state index in [-0.39, 0.29) is 16.5 Å². The first-order valence-electron chi connectivity index (χ1n) is 8.50. The molecule has 2 aromatic carbocycles. The van der Waals surface area contributed by atoms with Crippen LogP contribution in [0.25, 0.3) is 21.6 Å². The monoisotopic (exact) mass is 376 g/mol. The molecule has 0 saturated carbocycles. The molecule has 2 heterocycles. The van der Waals surface area contributed by atoms with Gasteiger partial charge in [0, 0.05) is 17.5 Å². The van der Waals surface area contributed by atoms with Crippen molar-refractivity contribution in [1.29, 1.82) is 0 Å². The van der Waals surface area contributed by atoms with Crippen LogP contribution in [-0.2, 0) is 13.0 Å². The molecule has 4 aromatic rings. The second-order valence-corrected chi connectivity index (χ2v) is 6.99. The molecule has 0 aliphatic carbocycles. The van der Waals surface area contributed by atoms with Gasteiger partial charge in [-0.2, -0.15) is 0 Å². The first-order chi connectivity index (χ1) is 13.1. The number of aromatic carboxylic acids is 1. The summed E-state index contributed by atoms with van der Waals surface area (Å²) in [6.45, 7) is 0.422. The minimum Gasteiger partial charge on any atom is -0.478 e. The molecule has 0 saturated heterocycles. The van der Waals surface area contributed by atoms with Gasteiger partial charge < -0.3 is 5.11 Å². The minimum absolute atomic E-state index is 0.0144. The lowest BCUT2D eigenvalue weighted by Gasteiger charge is -2.13. The van der Waals surface area contributed by atoms with Crippen LogP contribution < -0.4 is 5.56 Å². The Labute approximate surface area is 159 Å². The van der Waals surface area contributed by atoms with Crippen LogP contribution in [0, 0.1) is 0 Å². The molecule has 0 radical (unpaired) electrons. The number of rotatable bonds is 5. The van der Waals surface area contributed by atoms with Gasteiger partial charge in [0.05, 0.1) is 10.9 Å². The molecule has 27 heavy (non-hydrogen) atoms. The van der Waals surface area contributed by atoms with Crippen LogP contribution in [0.2, 0.25) is 0 Å². The zero-order chi connectivity index (χ0) is 18.8. The van der Waals surface area contributed by atoms with Crippen molar-refractivity contribution in [3.8, 4) is 11.4 Å². The van der Waals surface area contributed by atoms with E-state index in [1.807, 2.05) is 60.7 Å². The van der Waals surface area contributed by atoms with E-state index in [9.17, 15) is 14.7 Å². The van der Waals surface area contributed by atoms with Gasteiger partial charge >= 0.3 is 5.97 Å². The van der Waals surface area contributed by atoms with Crippen molar-refractivity contribution < 1.29 is 9.90 Å². The maximum Gasteiger partial charge on any atom is 0.337 e. The molecular formula is C21H16N2O3S. The Balaban J connectivity index is 1.89. The normalized spacial score (nSPS) is 11.0. The number of thiophene rings is 1. The highest BCUT2D eigenvalue weighted by molar-refractivity contribution is 7.17. The molecule has 0 amide bonds. The van der Waals surface area contributed by atoms with E-state index in [2.05, 4.69) is 4.98 Å². The zero-order valence-corrected chi connectivity index (χ0v) is 15.1. The standard InChI is InChI=1S/C21H16N2O3S/c24-20-17-16(21(25)26)13-27-19(17)22-18(15-9-5-2-6-10-15)23(20)12-11-14-7-3-1-4-8-14/h1-10,13H,11-12H2,(H,25,26). The Morgan fingerprint density at radius 1 is 1.04 bits per heavy atom. The van der Waals surface area contributed by atoms with Crippen molar-refractivity contribution in [2.75, 3.05) is 0 Å². The highest BCUT2D eigenvalue weighted by Crippen LogP contribution is 2.25. The second-order valence-electron chi connectivity index (χ2n) is 6.13. The van der Waals surface area contributed by atoms with Crippen LogP contribution in [0.5, 0.6) is 0 Å². The maximum atomic E-state index is 13.2. The van der Waals surface area contributed by atoms with Gasteiger partial charge in [-0.1, -0.05) is 60.7 Å². The third-order valence-corrected chi connectivity index (χ3v) is 5.30. The van der Waals surface area contributed by atoms with Crippen molar-refractivity contribution in [3.63, 3.8) is 0 Å². The number of carbonyl (C=O) groups is 1. The highest BCUT2D eigenvalue weighted by atomic mass is 32.1. The van der Waals surface area contributed by atoms with Crippen LogP contribution in [0.3, 0.4) is 0 Å². The molecule has 134 valence electrons. The summed E-state index contributed by atoms with van der Waals surface area (Å²) < 4.78 is 1.59. The summed E-state index contributed by atoms with van der Waals surface area (Å²) in [4.78, 5) is 29.8. The minimum atomic E-state index is -1.11. The fraction of sp³-hybridized carbons (Fsp3) is 0.0952. The van der Waals surface area contributed by atoms with Crippen LogP contribution in [0.4, 0.5) is 0 Å². The Kier molecular flexibility index (Phi) is 4.56. The van der Waals surface area contributed by atoms with Crippen molar-refractivity contribution >= 4 is 27.5 Å². The SMILES string of the molecule is O=C(O)c1csc2nc(-c3ccccc3)n(CCc3ccccc3)c(=O)c12. The smallest absolute Gasteiger partial charge is 0.337 e. The van der Waals surface area contributed by atoms with Gasteiger partial charge in [-0.3, -0.25) is 9.36 Å². The number of carboxylic acids is 1. The van der Waals surface area contributed by atoms with Gasteiger partial charge in [-0.15, -0.1) is 11.3 Å². The summed E-state index contributed by atoms with van der Waals surface area (Å²) >= 11 is 1.18. The van der Waals surface area contributed by atoms with E-state index in [1.165, 1.54) is 16.7 Å². The Bertz CT molecular complexity index is 1160. The summed E-state index contributed by atoms with van der Waals surface area (Å²) in [6, 6.07) is 19.4. The van der Waals surface area contributed by atoms with Gasteiger partial charge in [0.15, 0.2) is 0 Å². The molecule has 0 aliphatic heterocycles. The van der Waals surface area contributed by atoms with Gasteiger partial charge in [0.1, 0.15) is 10.7 Å². The summed E-state index contributed by atoms with van der Waals surface area (Å²) in [5.41, 5.74) is 1.64. The van der Waals surface area contributed by atoms with E-state index in [4.69, 9.17) is 0 Å². The summed E-state index contributed by atoms with van der Waals surface area (Å²) in [7, 11) is 0. The number of benzene rings is 2. The Hall–Kier alpha value is -3.25. The van der Waals surface area contributed by atoms with Crippen LogP contribution >= 0.6 is 11.3 Å². The number of nitrogens with zero attached hydrogens (tertiary/aromatic N) is 2. The van der Waals surface area contributed by atoms with E-state index >= 15 is 0 Å². The molecule has 0 aliphatic rings. The topological polar surface area (TPSA) is 72.2 Å². The number of fused-ring (bicyclic) bond motifs is 1. The Morgan fingerprint density at radius 3 is 2.37 bits per heavy atom. The predicted octanol–water partition coefficient (Wildman–Crippen LogP) is 4.07. The lowest BCUT2D eigenvalue weighted by molar-refractivity contribution is 0.0699. The summed E-state index contributed by atoms with van der Waals surface area (Å²) in [6.07, 6.45) is 0.653. The van der Waals surface area contributed by atoms with Gasteiger partial charge in [0.25, 0.3) is 5.56 Å². The van der Waals surface area contributed by atoms with Crippen LogP contribution in [-0.4, -0.2) is 20.6 Å². The van der Waals surface area contributed by atoms with Crippen molar-refractivity contribution in [2.24, 2.45) is 0 Å². The lowest BCUT2D eigenvalue weighted by Crippen LogP contribution is -2.25. The highest BCUT2D eigenvalue weighted by Gasteiger charge is 2.20. The number of aryl methyl sites for hydroxylation is 1. The summed E-state index contributed by atoms with van der Waals surface area (Å²) in [5.74, 6) is -0.551. The molecule has 6 heteroatoms. The third kappa shape index (κ3) is 3.27. The number of carboxylic acid groups (broad SMARTS) is 1. The van der Waals surface area contributed by atoms with Crippen molar-refractivity contribution in [3.05, 3.63) is 87.5 Å². The first-order valence-corrected chi connectivity index (χ1v) is 9.38. The van der Waals surface area contributed by atoms with Gasteiger partial charge in [-0.05, 0) is 12.0 Å². The molecular weight excluding hydrogens is 360 g/mol. The van der Waals surface area contributed by atoms with E-state index in [1.54, 1.807) is 4.57 Å². The lowest BCUT2D eigenvalue weighted by atomic mass is 10.1. The fourth-order valence-corrected chi connectivity index (χ4v) is 3.98. The first kappa shape index (κ1) is 17.2. The molecule has 0 atom stereocenters. The molecule has 0 fully saturated rings. The molecule has 2 aromatic heterocycles. The number of hydrogen-bond acceptors (Lipinski definition) is 4. The van der Waals surface area contributed by atoms with Crippen LogP contribution in [0.15, 0.2) is 70.8 Å². The predicted molar refractivity (Wildman–Crippen MR) is 106 cm³/mol. The van der Waals surface area contributed by atoms with E-state index in [0.29, 0.717) is 23.6 Å². The van der Waals surface area contributed by atoms with E-state index in [0.717, 1.165) is 11.1 Å². The number of hydrogen-bond donors (Lipinski definition) is 1. The second kappa shape index (κ2) is 7.17. The largest absolute Gasteiger partial charge is 0.478 e. The van der Waals surface area contributed by atoms with Crippen molar-refractivity contribution in [2.45, 2.75) is 13.0 Å². The molecule has 1 N–H and O–H groups in total. The Morgan fingerprint density at radius 2 is 1.70 bits per heavy atom. The zero-order valence-electron chi connectivity index (χ0n) is 14.3. The molecule has 4 rings (SSSR count). The van der Waals surface area contributed by atoms with Crippen molar-refractivity contribution in [1.82, 2.24) is 9.55 Å². The van der Waals surface area contributed by atoms with Gasteiger partial charge in [0.2, 0.25) is 0 Å². The summed E-state index contributed by atoms with van der Waals surface area (Å²) in [5, 5.41) is 11.1. The fourth-order valence-electron chi connectivity index (χ4n) is 3.08. The average molecular weight is 376 g/mol.